The summed E-state index contributed by atoms with van der Waals surface area (Å²) in [5.74, 6) is 0.974. The first-order chi connectivity index (χ1) is 15.0. The maximum atomic E-state index is 13.0. The van der Waals surface area contributed by atoms with Crippen LogP contribution in [0.2, 0.25) is 10.0 Å². The first-order valence-electron chi connectivity index (χ1n) is 9.86. The lowest BCUT2D eigenvalue weighted by atomic mass is 10.2. The molecule has 0 bridgehead atoms. The van der Waals surface area contributed by atoms with Crippen LogP contribution in [0.4, 0.5) is 0 Å². The summed E-state index contributed by atoms with van der Waals surface area (Å²) in [6.07, 6.45) is 0.593. The maximum Gasteiger partial charge on any atom is 0.206 e. The Hall–Kier alpha value is -1.19. The van der Waals surface area contributed by atoms with Crippen LogP contribution in [0.3, 0.4) is 0 Å². The molecule has 0 aliphatic rings. The van der Waals surface area contributed by atoms with Crippen LogP contribution in [0.5, 0.6) is 11.5 Å². The van der Waals surface area contributed by atoms with E-state index in [0.29, 0.717) is 24.7 Å². The molecule has 2 aromatic rings. The standard InChI is InChI=1S/C21H25Cl3O6S2/c1-3-31(25,26)14-15(2)13-30-16-5-7-17(8-6-16)32(27,28)18-11-19(23)21(20(24)12-18)29-10-4-9-22/h5-8,11-12,15H,3-4,9-10,13-14H2,1-2H3/t15-/m1/s1. The minimum absolute atomic E-state index is 0.0308. The summed E-state index contributed by atoms with van der Waals surface area (Å²) in [6, 6.07) is 8.43. The highest BCUT2D eigenvalue weighted by atomic mass is 35.5. The second-order valence-electron chi connectivity index (χ2n) is 7.20. The van der Waals surface area contributed by atoms with Gasteiger partial charge in [-0.25, -0.2) is 16.8 Å². The number of hydrogen-bond acceptors (Lipinski definition) is 6. The molecular formula is C21H25Cl3O6S2. The Labute approximate surface area is 204 Å². The van der Waals surface area contributed by atoms with Crippen LogP contribution in [-0.2, 0) is 19.7 Å². The average molecular weight is 544 g/mol. The summed E-state index contributed by atoms with van der Waals surface area (Å²) in [7, 11) is -6.97. The van der Waals surface area contributed by atoms with E-state index in [2.05, 4.69) is 0 Å². The Kier molecular flexibility index (Phi) is 9.97. The molecular weight excluding hydrogens is 519 g/mol. The van der Waals surface area contributed by atoms with Crippen molar-refractivity contribution < 1.29 is 26.3 Å². The zero-order valence-corrected chi connectivity index (χ0v) is 21.6. The van der Waals surface area contributed by atoms with Gasteiger partial charge in [0.1, 0.15) is 15.6 Å². The third kappa shape index (κ3) is 7.42. The van der Waals surface area contributed by atoms with E-state index in [0.717, 1.165) is 0 Å². The molecule has 0 N–H and O–H groups in total. The number of hydrogen-bond donors (Lipinski definition) is 0. The summed E-state index contributed by atoms with van der Waals surface area (Å²) < 4.78 is 60.5. The van der Waals surface area contributed by atoms with Crippen molar-refractivity contribution in [2.75, 3.05) is 30.6 Å². The Balaban J connectivity index is 2.13. The van der Waals surface area contributed by atoms with Crippen LogP contribution in [0.15, 0.2) is 46.2 Å². The van der Waals surface area contributed by atoms with E-state index in [1.54, 1.807) is 13.8 Å². The molecule has 0 spiro atoms. The molecule has 2 rings (SSSR count). The Morgan fingerprint density at radius 1 is 0.938 bits per heavy atom. The number of halogens is 3. The zero-order chi connectivity index (χ0) is 23.9. The van der Waals surface area contributed by atoms with Gasteiger partial charge in [-0.15, -0.1) is 11.6 Å². The van der Waals surface area contributed by atoms with Crippen molar-refractivity contribution in [1.82, 2.24) is 0 Å². The molecule has 0 unspecified atom stereocenters. The summed E-state index contributed by atoms with van der Waals surface area (Å²) in [6.45, 7) is 3.88. The molecule has 0 heterocycles. The molecule has 6 nitrogen and oxygen atoms in total. The van der Waals surface area contributed by atoms with Gasteiger partial charge in [-0.2, -0.15) is 0 Å². The van der Waals surface area contributed by atoms with Crippen LogP contribution in [0.1, 0.15) is 20.3 Å². The van der Waals surface area contributed by atoms with E-state index in [9.17, 15) is 16.8 Å². The smallest absolute Gasteiger partial charge is 0.206 e. The monoisotopic (exact) mass is 542 g/mol. The third-order valence-electron chi connectivity index (χ3n) is 4.45. The van der Waals surface area contributed by atoms with Crippen LogP contribution in [0.25, 0.3) is 0 Å². The van der Waals surface area contributed by atoms with Crippen LogP contribution >= 0.6 is 34.8 Å². The quantitative estimate of drug-likeness (QED) is 0.267. The molecule has 0 amide bonds. The van der Waals surface area contributed by atoms with Crippen molar-refractivity contribution in [2.24, 2.45) is 5.92 Å². The van der Waals surface area contributed by atoms with E-state index < -0.39 is 19.7 Å². The normalized spacial score (nSPS) is 13.0. The van der Waals surface area contributed by atoms with Crippen molar-refractivity contribution in [2.45, 2.75) is 30.1 Å². The first-order valence-corrected chi connectivity index (χ1v) is 14.5. The minimum atomic E-state index is -3.88. The van der Waals surface area contributed by atoms with Gasteiger partial charge >= 0.3 is 0 Å². The van der Waals surface area contributed by atoms with Gasteiger partial charge in [0.05, 0.1) is 38.8 Å². The highest BCUT2D eigenvalue weighted by molar-refractivity contribution is 7.91. The Morgan fingerprint density at radius 2 is 1.53 bits per heavy atom. The van der Waals surface area contributed by atoms with Gasteiger partial charge in [-0.3, -0.25) is 0 Å². The van der Waals surface area contributed by atoms with E-state index in [4.69, 9.17) is 44.3 Å². The van der Waals surface area contributed by atoms with Gasteiger partial charge in [-0.1, -0.05) is 37.0 Å². The van der Waals surface area contributed by atoms with E-state index >= 15 is 0 Å². The predicted octanol–water partition coefficient (Wildman–Crippen LogP) is 5.28. The molecule has 0 saturated carbocycles. The Morgan fingerprint density at radius 3 is 2.06 bits per heavy atom. The molecule has 11 heteroatoms. The minimum Gasteiger partial charge on any atom is -0.493 e. The number of rotatable bonds is 12. The van der Waals surface area contributed by atoms with E-state index in [-0.39, 0.29) is 49.6 Å². The van der Waals surface area contributed by atoms with Crippen molar-refractivity contribution in [3.8, 4) is 11.5 Å². The zero-order valence-electron chi connectivity index (χ0n) is 17.7. The summed E-state index contributed by atoms with van der Waals surface area (Å²) >= 11 is 18.0. The fraction of sp³-hybridized carbons (Fsp3) is 0.429. The number of ether oxygens (including phenoxy) is 2. The van der Waals surface area contributed by atoms with Crippen LogP contribution in [0, 0.1) is 5.92 Å². The summed E-state index contributed by atoms with van der Waals surface area (Å²) in [5, 5.41) is 0.170. The first kappa shape index (κ1) is 27.1. The number of benzene rings is 2. The van der Waals surface area contributed by atoms with Gasteiger partial charge in [0.15, 0.2) is 5.75 Å². The molecule has 0 aliphatic carbocycles. The van der Waals surface area contributed by atoms with Gasteiger partial charge in [0, 0.05) is 17.6 Å². The fourth-order valence-electron chi connectivity index (χ4n) is 2.75. The number of sulfone groups is 2. The largest absolute Gasteiger partial charge is 0.493 e. The molecule has 2 aromatic carbocycles. The highest BCUT2D eigenvalue weighted by Gasteiger charge is 2.22. The molecule has 0 fully saturated rings. The molecule has 0 saturated heterocycles. The SMILES string of the molecule is CCS(=O)(=O)C[C@H](C)COc1ccc(S(=O)(=O)c2cc(Cl)c(OCCCCl)c(Cl)c2)cc1. The maximum absolute atomic E-state index is 13.0. The van der Waals surface area contributed by atoms with E-state index in [1.165, 1.54) is 36.4 Å². The van der Waals surface area contributed by atoms with Crippen molar-refractivity contribution in [1.29, 1.82) is 0 Å². The predicted molar refractivity (Wildman–Crippen MR) is 128 cm³/mol. The van der Waals surface area contributed by atoms with Gasteiger partial charge in [0.25, 0.3) is 0 Å². The lowest BCUT2D eigenvalue weighted by Crippen LogP contribution is -2.20. The van der Waals surface area contributed by atoms with Crippen molar-refractivity contribution >= 4 is 54.5 Å². The fourth-order valence-corrected chi connectivity index (χ4v) is 6.09. The summed E-state index contributed by atoms with van der Waals surface area (Å²) in [5.41, 5.74) is 0. The summed E-state index contributed by atoms with van der Waals surface area (Å²) in [4.78, 5) is -0.0290. The second kappa shape index (κ2) is 11.8. The van der Waals surface area contributed by atoms with Crippen LogP contribution < -0.4 is 9.47 Å². The van der Waals surface area contributed by atoms with Gasteiger partial charge in [0.2, 0.25) is 9.84 Å². The lowest BCUT2D eigenvalue weighted by Gasteiger charge is -2.14. The Bertz CT molecular complexity index is 1090. The van der Waals surface area contributed by atoms with Gasteiger partial charge < -0.3 is 9.47 Å². The molecule has 0 radical (unpaired) electrons. The van der Waals surface area contributed by atoms with Crippen LogP contribution in [-0.4, -0.2) is 47.4 Å². The van der Waals surface area contributed by atoms with E-state index in [1.807, 2.05) is 0 Å². The molecule has 178 valence electrons. The van der Waals surface area contributed by atoms with Gasteiger partial charge in [-0.05, 0) is 42.8 Å². The lowest BCUT2D eigenvalue weighted by molar-refractivity contribution is 0.271. The topological polar surface area (TPSA) is 86.7 Å². The highest BCUT2D eigenvalue weighted by Crippen LogP contribution is 2.37. The molecule has 32 heavy (non-hydrogen) atoms. The molecule has 0 aliphatic heterocycles. The average Bonchev–Trinajstić information content (AvgIpc) is 2.74. The number of alkyl halides is 1. The molecule has 0 aromatic heterocycles. The van der Waals surface area contributed by atoms with Crippen molar-refractivity contribution in [3.63, 3.8) is 0 Å². The third-order valence-corrected chi connectivity index (χ3v) is 8.99. The van der Waals surface area contributed by atoms with Crippen molar-refractivity contribution in [3.05, 3.63) is 46.4 Å². The second-order valence-corrected chi connectivity index (χ2v) is 12.7. The molecule has 1 atom stereocenters.